The van der Waals surface area contributed by atoms with Crippen molar-refractivity contribution in [2.75, 3.05) is 5.32 Å². The van der Waals surface area contributed by atoms with Gasteiger partial charge in [0.1, 0.15) is 0 Å². The molecule has 0 bridgehead atoms. The number of nitrogens with zero attached hydrogens (tertiary/aromatic N) is 2. The van der Waals surface area contributed by atoms with Crippen LogP contribution in [-0.2, 0) is 17.6 Å². The predicted octanol–water partition coefficient (Wildman–Crippen LogP) is 4.74. The van der Waals surface area contributed by atoms with Gasteiger partial charge in [-0.3, -0.25) is 9.59 Å². The molecule has 0 saturated heterocycles. The number of rotatable bonds is 6. The average molecular weight is 513 g/mol. The zero-order chi connectivity index (χ0) is 26.1. The standard InChI is InChI=1S/C28H21ClN4O4/c29-23-4-2-1-3-20(23)28(37)31-18-10-8-17-9-13-21-25(27(30)36)32-33(26(21)22(17)15-18)19-11-5-16(6-12-19)7-14-24(34)35/h1-8,10-12,14-15H,9,13H2,(H2,30,36)(H,31,37)(H,34,35)/b14-7+. The van der Waals surface area contributed by atoms with E-state index in [0.29, 0.717) is 40.4 Å². The number of carboxylic acid groups (broad SMARTS) is 1. The van der Waals surface area contributed by atoms with Crippen molar-refractivity contribution in [3.05, 3.63) is 106 Å². The number of carboxylic acids is 1. The second-order valence-electron chi connectivity index (χ2n) is 8.52. The topological polar surface area (TPSA) is 127 Å². The molecule has 2 amide bonds. The number of nitrogens with one attached hydrogen (secondary N) is 1. The molecule has 0 spiro atoms. The minimum Gasteiger partial charge on any atom is -0.478 e. The van der Waals surface area contributed by atoms with Crippen LogP contribution in [0.15, 0.2) is 72.8 Å². The van der Waals surface area contributed by atoms with E-state index in [0.717, 1.165) is 28.5 Å². The van der Waals surface area contributed by atoms with Crippen molar-refractivity contribution in [1.29, 1.82) is 0 Å². The van der Waals surface area contributed by atoms with E-state index in [1.165, 1.54) is 6.08 Å². The van der Waals surface area contributed by atoms with E-state index in [2.05, 4.69) is 10.4 Å². The van der Waals surface area contributed by atoms with Crippen molar-refractivity contribution in [1.82, 2.24) is 9.78 Å². The molecule has 0 fully saturated rings. The van der Waals surface area contributed by atoms with Gasteiger partial charge in [-0.15, -0.1) is 0 Å². The van der Waals surface area contributed by atoms with Crippen molar-refractivity contribution >= 4 is 41.1 Å². The number of aliphatic carboxylic acids is 1. The minimum atomic E-state index is -1.04. The van der Waals surface area contributed by atoms with Crippen LogP contribution in [0.2, 0.25) is 5.02 Å². The molecule has 1 heterocycles. The molecule has 0 atom stereocenters. The molecule has 0 aliphatic heterocycles. The molecule has 8 nitrogen and oxygen atoms in total. The van der Waals surface area contributed by atoms with E-state index in [9.17, 15) is 14.4 Å². The smallest absolute Gasteiger partial charge is 0.328 e. The first-order valence-corrected chi connectivity index (χ1v) is 11.8. The van der Waals surface area contributed by atoms with E-state index in [1.54, 1.807) is 53.2 Å². The molecule has 9 heteroatoms. The molecule has 4 N–H and O–H groups in total. The number of carbonyl (C=O) groups excluding carboxylic acids is 2. The maximum atomic E-state index is 12.8. The summed E-state index contributed by atoms with van der Waals surface area (Å²) < 4.78 is 1.66. The number of carbonyl (C=O) groups is 3. The highest BCUT2D eigenvalue weighted by Crippen LogP contribution is 2.38. The fourth-order valence-electron chi connectivity index (χ4n) is 4.44. The van der Waals surface area contributed by atoms with Crippen molar-refractivity contribution < 1.29 is 19.5 Å². The summed E-state index contributed by atoms with van der Waals surface area (Å²) in [5, 5.41) is 16.7. The summed E-state index contributed by atoms with van der Waals surface area (Å²) in [4.78, 5) is 35.9. The Labute approximate surface area is 217 Å². The molecular formula is C28H21ClN4O4. The highest BCUT2D eigenvalue weighted by molar-refractivity contribution is 6.34. The Morgan fingerprint density at radius 3 is 2.49 bits per heavy atom. The number of hydrogen-bond donors (Lipinski definition) is 3. The van der Waals surface area contributed by atoms with Gasteiger partial charge in [-0.25, -0.2) is 9.48 Å². The van der Waals surface area contributed by atoms with Crippen LogP contribution in [0.25, 0.3) is 23.0 Å². The van der Waals surface area contributed by atoms with Crippen LogP contribution in [0.5, 0.6) is 0 Å². The van der Waals surface area contributed by atoms with E-state index in [-0.39, 0.29) is 11.6 Å². The van der Waals surface area contributed by atoms with Crippen LogP contribution >= 0.6 is 11.6 Å². The molecular weight excluding hydrogens is 492 g/mol. The van der Waals surface area contributed by atoms with E-state index >= 15 is 0 Å². The number of anilines is 1. The molecule has 1 aliphatic rings. The van der Waals surface area contributed by atoms with Gasteiger partial charge in [0.05, 0.1) is 22.0 Å². The number of nitrogens with two attached hydrogens (primary N) is 1. The molecule has 5 rings (SSSR count). The fraction of sp³-hybridized carbons (Fsp3) is 0.0714. The monoisotopic (exact) mass is 512 g/mol. The van der Waals surface area contributed by atoms with Gasteiger partial charge in [-0.2, -0.15) is 5.10 Å². The Bertz CT molecular complexity index is 1590. The maximum absolute atomic E-state index is 12.8. The van der Waals surface area contributed by atoms with E-state index < -0.39 is 11.9 Å². The van der Waals surface area contributed by atoms with E-state index in [4.69, 9.17) is 22.4 Å². The summed E-state index contributed by atoms with van der Waals surface area (Å²) in [7, 11) is 0. The average Bonchev–Trinajstić information content (AvgIpc) is 3.28. The number of hydrogen-bond acceptors (Lipinski definition) is 4. The van der Waals surface area contributed by atoms with Gasteiger partial charge in [0.25, 0.3) is 11.8 Å². The summed E-state index contributed by atoms with van der Waals surface area (Å²) >= 11 is 6.19. The first kappa shape index (κ1) is 24.0. The van der Waals surface area contributed by atoms with Crippen LogP contribution < -0.4 is 11.1 Å². The van der Waals surface area contributed by atoms with Gasteiger partial charge in [-0.1, -0.05) is 41.9 Å². The number of aromatic nitrogens is 2. The zero-order valence-electron chi connectivity index (χ0n) is 19.4. The zero-order valence-corrected chi connectivity index (χ0v) is 20.2. The van der Waals surface area contributed by atoms with Crippen molar-refractivity contribution in [2.24, 2.45) is 5.73 Å². The maximum Gasteiger partial charge on any atom is 0.328 e. The van der Waals surface area contributed by atoms with Crippen LogP contribution in [-0.4, -0.2) is 32.7 Å². The largest absolute Gasteiger partial charge is 0.478 e. The van der Waals surface area contributed by atoms with Crippen molar-refractivity contribution in [2.45, 2.75) is 12.8 Å². The Kier molecular flexibility index (Phi) is 6.33. The quantitative estimate of drug-likeness (QED) is 0.321. The fourth-order valence-corrected chi connectivity index (χ4v) is 4.66. The van der Waals surface area contributed by atoms with Gasteiger partial charge < -0.3 is 16.2 Å². The lowest BCUT2D eigenvalue weighted by molar-refractivity contribution is -0.131. The van der Waals surface area contributed by atoms with Crippen LogP contribution in [0, 0.1) is 0 Å². The third-order valence-corrected chi connectivity index (χ3v) is 6.49. The number of aryl methyl sites for hydroxylation is 1. The van der Waals surface area contributed by atoms with Gasteiger partial charge in [0.15, 0.2) is 5.69 Å². The summed E-state index contributed by atoms with van der Waals surface area (Å²) in [5.41, 5.74) is 11.5. The van der Waals surface area contributed by atoms with E-state index in [1.807, 2.05) is 18.2 Å². The predicted molar refractivity (Wildman–Crippen MR) is 141 cm³/mol. The van der Waals surface area contributed by atoms with Crippen LogP contribution in [0.3, 0.4) is 0 Å². The van der Waals surface area contributed by atoms with Gasteiger partial charge in [0.2, 0.25) is 0 Å². The summed E-state index contributed by atoms with van der Waals surface area (Å²) in [6, 6.07) is 19.5. The Morgan fingerprint density at radius 2 is 1.78 bits per heavy atom. The molecule has 37 heavy (non-hydrogen) atoms. The number of amides is 2. The number of benzene rings is 3. The second-order valence-corrected chi connectivity index (χ2v) is 8.93. The van der Waals surface area contributed by atoms with Crippen LogP contribution in [0.1, 0.15) is 37.5 Å². The highest BCUT2D eigenvalue weighted by Gasteiger charge is 2.28. The van der Waals surface area contributed by atoms with Gasteiger partial charge in [-0.05, 0) is 66.4 Å². The highest BCUT2D eigenvalue weighted by atomic mass is 35.5. The van der Waals surface area contributed by atoms with Crippen molar-refractivity contribution in [3.8, 4) is 16.9 Å². The molecule has 4 aromatic rings. The SMILES string of the molecule is NC(=O)c1nn(-c2ccc(/C=C/C(=O)O)cc2)c2c1CCc1ccc(NC(=O)c3ccccc3Cl)cc1-2. The van der Waals surface area contributed by atoms with Gasteiger partial charge >= 0.3 is 5.97 Å². The molecule has 0 saturated carbocycles. The summed E-state index contributed by atoms with van der Waals surface area (Å²) in [6.07, 6.45) is 3.82. The lowest BCUT2D eigenvalue weighted by atomic mass is 9.88. The minimum absolute atomic E-state index is 0.195. The Balaban J connectivity index is 1.57. The molecule has 1 aromatic heterocycles. The molecule has 1 aliphatic carbocycles. The third kappa shape index (κ3) is 4.74. The lowest BCUT2D eigenvalue weighted by Gasteiger charge is -2.20. The first-order chi connectivity index (χ1) is 17.8. The summed E-state index contributed by atoms with van der Waals surface area (Å²) in [6.45, 7) is 0. The molecule has 0 unspecified atom stereocenters. The molecule has 0 radical (unpaired) electrons. The third-order valence-electron chi connectivity index (χ3n) is 6.16. The number of halogens is 1. The normalized spacial score (nSPS) is 12.1. The summed E-state index contributed by atoms with van der Waals surface area (Å²) in [5.74, 6) is -1.99. The number of primary amides is 1. The Morgan fingerprint density at radius 1 is 1.03 bits per heavy atom. The lowest BCUT2D eigenvalue weighted by Crippen LogP contribution is -2.15. The van der Waals surface area contributed by atoms with Crippen LogP contribution in [0.4, 0.5) is 5.69 Å². The number of fused-ring (bicyclic) bond motifs is 3. The van der Waals surface area contributed by atoms with Gasteiger partial charge in [0, 0.05) is 22.9 Å². The first-order valence-electron chi connectivity index (χ1n) is 11.4. The Hall–Kier alpha value is -4.69. The van der Waals surface area contributed by atoms with Crippen molar-refractivity contribution in [3.63, 3.8) is 0 Å². The molecule has 184 valence electrons. The second kappa shape index (κ2) is 9.75. The molecule has 3 aromatic carbocycles.